The van der Waals surface area contributed by atoms with E-state index in [2.05, 4.69) is 15.3 Å². The molecule has 162 valence electrons. The second-order valence-corrected chi connectivity index (χ2v) is 7.89. The van der Waals surface area contributed by atoms with E-state index in [0.717, 1.165) is 27.9 Å². The Bertz CT molecular complexity index is 1390. The maximum atomic E-state index is 13.7. The lowest BCUT2D eigenvalue weighted by molar-refractivity contribution is 0.101. The molecule has 2 heterocycles. The molecular formula is C25H25N5O2. The van der Waals surface area contributed by atoms with Crippen LogP contribution in [0.3, 0.4) is 0 Å². The van der Waals surface area contributed by atoms with E-state index in [1.165, 1.54) is 13.3 Å². The molecule has 32 heavy (non-hydrogen) atoms. The Morgan fingerprint density at radius 2 is 1.78 bits per heavy atom. The molecule has 2 aromatic heterocycles. The monoisotopic (exact) mass is 427 g/mol. The van der Waals surface area contributed by atoms with Crippen molar-refractivity contribution in [2.45, 2.75) is 33.7 Å². The van der Waals surface area contributed by atoms with Gasteiger partial charge in [-0.15, -0.1) is 0 Å². The summed E-state index contributed by atoms with van der Waals surface area (Å²) in [6, 6.07) is 15.0. The molecule has 0 spiro atoms. The molecule has 0 aliphatic rings. The van der Waals surface area contributed by atoms with Gasteiger partial charge >= 0.3 is 0 Å². The first-order valence-electron chi connectivity index (χ1n) is 10.4. The number of nitrogen functional groups attached to an aromatic ring is 1. The van der Waals surface area contributed by atoms with Gasteiger partial charge in [0, 0.05) is 5.69 Å². The van der Waals surface area contributed by atoms with Crippen LogP contribution in [0.15, 0.2) is 59.7 Å². The summed E-state index contributed by atoms with van der Waals surface area (Å²) in [6.07, 6.45) is 1.32. The average Bonchev–Trinajstić information content (AvgIpc) is 2.76. The van der Waals surface area contributed by atoms with Crippen molar-refractivity contribution >= 4 is 28.2 Å². The van der Waals surface area contributed by atoms with E-state index >= 15 is 0 Å². The fourth-order valence-electron chi connectivity index (χ4n) is 4.27. The summed E-state index contributed by atoms with van der Waals surface area (Å²) in [5, 5.41) is 4.89. The standard InChI is InChI=1S/C25H25N5O2/c1-14-9-8-12-19-15(2)22(30(25(32)20(14)19)18-10-6-5-7-11-18)16(3)29-24-21(17(4)31)23(26)27-13-28-24/h5-13,16H,1-4H3,(H3,26,27,28,29)/t16-/m0/s1. The molecule has 0 unspecified atom stereocenters. The first-order valence-corrected chi connectivity index (χ1v) is 10.4. The van der Waals surface area contributed by atoms with Gasteiger partial charge in [0.1, 0.15) is 23.5 Å². The Morgan fingerprint density at radius 3 is 2.47 bits per heavy atom. The lowest BCUT2D eigenvalue weighted by Gasteiger charge is -2.25. The van der Waals surface area contributed by atoms with Crippen molar-refractivity contribution in [1.82, 2.24) is 14.5 Å². The molecule has 0 bridgehead atoms. The van der Waals surface area contributed by atoms with Gasteiger partial charge in [0.2, 0.25) is 0 Å². The number of benzene rings is 2. The summed E-state index contributed by atoms with van der Waals surface area (Å²) in [6.45, 7) is 7.32. The summed E-state index contributed by atoms with van der Waals surface area (Å²) >= 11 is 0. The van der Waals surface area contributed by atoms with E-state index in [4.69, 9.17) is 5.73 Å². The molecule has 0 saturated heterocycles. The van der Waals surface area contributed by atoms with E-state index in [1.54, 1.807) is 4.57 Å². The lowest BCUT2D eigenvalue weighted by Crippen LogP contribution is -2.28. The van der Waals surface area contributed by atoms with Gasteiger partial charge in [-0.05, 0) is 56.3 Å². The Kier molecular flexibility index (Phi) is 5.48. The molecule has 0 radical (unpaired) electrons. The number of aromatic nitrogens is 3. The van der Waals surface area contributed by atoms with Crippen molar-refractivity contribution in [2.75, 3.05) is 11.1 Å². The van der Waals surface area contributed by atoms with E-state index in [0.29, 0.717) is 11.2 Å². The number of hydrogen-bond acceptors (Lipinski definition) is 6. The minimum absolute atomic E-state index is 0.0902. The highest BCUT2D eigenvalue weighted by molar-refractivity contribution is 6.02. The molecule has 7 heteroatoms. The molecule has 0 fully saturated rings. The number of fused-ring (bicyclic) bond motifs is 1. The average molecular weight is 428 g/mol. The number of nitrogens with two attached hydrogens (primary N) is 1. The highest BCUT2D eigenvalue weighted by Crippen LogP contribution is 2.30. The number of hydrogen-bond donors (Lipinski definition) is 2. The molecule has 0 aliphatic heterocycles. The van der Waals surface area contributed by atoms with Crippen LogP contribution in [0.5, 0.6) is 0 Å². The number of pyridine rings is 1. The number of nitrogens with zero attached hydrogens (tertiary/aromatic N) is 3. The van der Waals surface area contributed by atoms with E-state index in [9.17, 15) is 9.59 Å². The number of carbonyl (C=O) groups excluding carboxylic acids is 1. The number of rotatable bonds is 5. The molecule has 2 aromatic carbocycles. The Morgan fingerprint density at radius 1 is 1.06 bits per heavy atom. The van der Waals surface area contributed by atoms with Crippen LogP contribution in [0.25, 0.3) is 16.5 Å². The minimum atomic E-state index is -0.361. The van der Waals surface area contributed by atoms with Crippen molar-refractivity contribution in [1.29, 1.82) is 0 Å². The molecule has 4 rings (SSSR count). The highest BCUT2D eigenvalue weighted by Gasteiger charge is 2.23. The molecule has 0 saturated carbocycles. The van der Waals surface area contributed by atoms with Crippen LogP contribution in [0.4, 0.5) is 11.6 Å². The van der Waals surface area contributed by atoms with Gasteiger partial charge in [0.15, 0.2) is 5.78 Å². The minimum Gasteiger partial charge on any atom is -0.383 e. The normalized spacial score (nSPS) is 12.0. The van der Waals surface area contributed by atoms with Crippen molar-refractivity contribution in [3.8, 4) is 5.69 Å². The maximum Gasteiger partial charge on any atom is 0.263 e. The van der Waals surface area contributed by atoms with Crippen LogP contribution in [-0.4, -0.2) is 20.3 Å². The number of Topliss-reactive ketones (excluding diaryl/α,β-unsaturated/α-hetero) is 1. The van der Waals surface area contributed by atoms with Gasteiger partial charge in [-0.1, -0.05) is 36.4 Å². The van der Waals surface area contributed by atoms with Gasteiger partial charge in [0.05, 0.1) is 17.1 Å². The predicted molar refractivity (Wildman–Crippen MR) is 128 cm³/mol. The second kappa shape index (κ2) is 8.26. The Labute approximate surface area is 185 Å². The summed E-state index contributed by atoms with van der Waals surface area (Å²) < 4.78 is 1.74. The number of nitrogens with one attached hydrogen (secondary N) is 1. The number of para-hydroxylation sites is 1. The third-order valence-electron chi connectivity index (χ3n) is 5.73. The molecule has 7 nitrogen and oxygen atoms in total. The molecule has 0 aliphatic carbocycles. The number of carbonyl (C=O) groups is 1. The highest BCUT2D eigenvalue weighted by atomic mass is 16.1. The molecular weight excluding hydrogens is 402 g/mol. The van der Waals surface area contributed by atoms with Crippen molar-refractivity contribution < 1.29 is 4.79 Å². The fraction of sp³-hybridized carbons (Fsp3) is 0.200. The molecule has 0 amide bonds. The maximum absolute atomic E-state index is 13.7. The predicted octanol–water partition coefficient (Wildman–Crippen LogP) is 4.36. The van der Waals surface area contributed by atoms with Crippen LogP contribution in [0.2, 0.25) is 0 Å². The topological polar surface area (TPSA) is 103 Å². The van der Waals surface area contributed by atoms with Crippen LogP contribution >= 0.6 is 0 Å². The summed E-state index contributed by atoms with van der Waals surface area (Å²) in [5.41, 5.74) is 9.53. The Hall–Kier alpha value is -4.00. The zero-order chi connectivity index (χ0) is 23.0. The van der Waals surface area contributed by atoms with Crippen LogP contribution in [-0.2, 0) is 0 Å². The lowest BCUT2D eigenvalue weighted by atomic mass is 9.98. The zero-order valence-corrected chi connectivity index (χ0v) is 18.5. The zero-order valence-electron chi connectivity index (χ0n) is 18.5. The second-order valence-electron chi connectivity index (χ2n) is 7.89. The SMILES string of the molecule is CC(=O)c1c(N)ncnc1N[C@@H](C)c1c(C)c2cccc(C)c2c(=O)n1-c1ccccc1. The van der Waals surface area contributed by atoms with Gasteiger partial charge in [0.25, 0.3) is 5.56 Å². The molecule has 3 N–H and O–H groups in total. The van der Waals surface area contributed by atoms with E-state index in [1.807, 2.05) is 69.3 Å². The number of ketones is 1. The van der Waals surface area contributed by atoms with Gasteiger partial charge in [-0.2, -0.15) is 0 Å². The number of anilines is 2. The fourth-order valence-corrected chi connectivity index (χ4v) is 4.27. The van der Waals surface area contributed by atoms with Crippen LogP contribution < -0.4 is 16.6 Å². The first kappa shape index (κ1) is 21.2. The molecule has 4 aromatic rings. The molecule has 1 atom stereocenters. The van der Waals surface area contributed by atoms with Crippen molar-refractivity contribution in [3.63, 3.8) is 0 Å². The first-order chi connectivity index (χ1) is 15.3. The van der Waals surface area contributed by atoms with Crippen molar-refractivity contribution in [3.05, 3.63) is 87.6 Å². The van der Waals surface area contributed by atoms with Gasteiger partial charge in [-0.3, -0.25) is 14.2 Å². The van der Waals surface area contributed by atoms with Gasteiger partial charge < -0.3 is 11.1 Å². The Balaban J connectivity index is 1.99. The third kappa shape index (κ3) is 3.51. The summed E-state index contributed by atoms with van der Waals surface area (Å²) in [7, 11) is 0. The smallest absolute Gasteiger partial charge is 0.263 e. The summed E-state index contributed by atoms with van der Waals surface area (Å²) in [4.78, 5) is 34.1. The van der Waals surface area contributed by atoms with Crippen LogP contribution in [0, 0.1) is 13.8 Å². The third-order valence-corrected chi connectivity index (χ3v) is 5.73. The van der Waals surface area contributed by atoms with E-state index < -0.39 is 0 Å². The van der Waals surface area contributed by atoms with Gasteiger partial charge in [-0.25, -0.2) is 9.97 Å². The van der Waals surface area contributed by atoms with Crippen molar-refractivity contribution in [2.24, 2.45) is 0 Å². The van der Waals surface area contributed by atoms with E-state index in [-0.39, 0.29) is 28.8 Å². The largest absolute Gasteiger partial charge is 0.383 e. The van der Waals surface area contributed by atoms with Crippen LogP contribution in [0.1, 0.15) is 47.1 Å². The quantitative estimate of drug-likeness (QED) is 0.459. The number of aryl methyl sites for hydroxylation is 2. The summed E-state index contributed by atoms with van der Waals surface area (Å²) in [5.74, 6) is 0.228.